The quantitative estimate of drug-likeness (QED) is 0.669. The third-order valence-electron chi connectivity index (χ3n) is 2.74. The van der Waals surface area contributed by atoms with Crippen LogP contribution in [0.3, 0.4) is 0 Å². The molecule has 0 bridgehead atoms. The van der Waals surface area contributed by atoms with Gasteiger partial charge in [-0.1, -0.05) is 22.0 Å². The van der Waals surface area contributed by atoms with Gasteiger partial charge in [0.1, 0.15) is 5.82 Å². The number of amides is 1. The number of nitrogens with two attached hydrogens (primary N) is 1. The molecule has 0 radical (unpaired) electrons. The number of para-hydroxylation sites is 1. The maximum absolute atomic E-state index is 13.3. The minimum absolute atomic E-state index is 0.00162. The van der Waals surface area contributed by atoms with E-state index in [1.54, 1.807) is 17.0 Å². The molecular weight excluding hydrogens is 275 g/mol. The van der Waals surface area contributed by atoms with E-state index in [0.29, 0.717) is 18.7 Å². The summed E-state index contributed by atoms with van der Waals surface area (Å²) >= 11 is 3.35. The van der Waals surface area contributed by atoms with Crippen molar-refractivity contribution >= 4 is 33.2 Å². The smallest absolute Gasteiger partial charge is 0.227 e. The molecule has 0 saturated carbocycles. The summed E-state index contributed by atoms with van der Waals surface area (Å²) in [7, 11) is 0. The number of alkyl halides is 1. The first-order chi connectivity index (χ1) is 7.63. The van der Waals surface area contributed by atoms with E-state index in [1.807, 2.05) is 0 Å². The van der Waals surface area contributed by atoms with Gasteiger partial charge in [0.15, 0.2) is 0 Å². The van der Waals surface area contributed by atoms with Gasteiger partial charge in [-0.25, -0.2) is 4.39 Å². The van der Waals surface area contributed by atoms with Crippen molar-refractivity contribution in [1.82, 2.24) is 0 Å². The highest BCUT2D eigenvalue weighted by atomic mass is 79.9. The second kappa shape index (κ2) is 4.41. The molecule has 1 atom stereocenters. The van der Waals surface area contributed by atoms with Gasteiger partial charge < -0.3 is 10.6 Å². The van der Waals surface area contributed by atoms with E-state index in [4.69, 9.17) is 5.73 Å². The summed E-state index contributed by atoms with van der Waals surface area (Å²) in [5, 5.41) is 0.768. The van der Waals surface area contributed by atoms with Gasteiger partial charge in [-0.3, -0.25) is 4.79 Å². The van der Waals surface area contributed by atoms with Crippen molar-refractivity contribution in [3.8, 4) is 0 Å². The van der Waals surface area contributed by atoms with E-state index < -0.39 is 5.82 Å². The number of halogens is 2. The molecule has 3 nitrogen and oxygen atoms in total. The molecule has 5 heteroatoms. The maximum atomic E-state index is 13.3. The van der Waals surface area contributed by atoms with Crippen LogP contribution in [0, 0.1) is 11.7 Å². The molecule has 1 unspecified atom stereocenters. The van der Waals surface area contributed by atoms with Crippen LogP contribution in [0.15, 0.2) is 18.2 Å². The number of hydrogen-bond donors (Lipinski definition) is 1. The van der Waals surface area contributed by atoms with Crippen molar-refractivity contribution in [1.29, 1.82) is 0 Å². The summed E-state index contributed by atoms with van der Waals surface area (Å²) in [5.41, 5.74) is 6.16. The molecule has 16 heavy (non-hydrogen) atoms. The number of carbonyl (C=O) groups is 1. The summed E-state index contributed by atoms with van der Waals surface area (Å²) in [6, 6.07) is 4.53. The topological polar surface area (TPSA) is 46.3 Å². The Morgan fingerprint density at radius 2 is 2.31 bits per heavy atom. The van der Waals surface area contributed by atoms with Gasteiger partial charge in [0.25, 0.3) is 0 Å². The summed E-state index contributed by atoms with van der Waals surface area (Å²) in [5.74, 6) is -0.204. The van der Waals surface area contributed by atoms with Gasteiger partial charge in [-0.05, 0) is 18.1 Å². The first-order valence-electron chi connectivity index (χ1n) is 5.03. The van der Waals surface area contributed by atoms with Crippen LogP contribution in [0.2, 0.25) is 0 Å². The van der Waals surface area contributed by atoms with Crippen molar-refractivity contribution in [3.05, 3.63) is 24.0 Å². The molecule has 0 aliphatic carbocycles. The van der Waals surface area contributed by atoms with Crippen LogP contribution in [0.25, 0.3) is 0 Å². The van der Waals surface area contributed by atoms with Crippen molar-refractivity contribution in [2.75, 3.05) is 22.5 Å². The lowest BCUT2D eigenvalue weighted by Crippen LogP contribution is -2.25. The number of anilines is 2. The number of carbonyl (C=O) groups excluding carboxylic acids is 1. The molecule has 1 fully saturated rings. The molecule has 2 rings (SSSR count). The molecular formula is C11H12BrFN2O. The third-order valence-corrected chi connectivity index (χ3v) is 3.66. The van der Waals surface area contributed by atoms with Gasteiger partial charge in [-0.2, -0.15) is 0 Å². The van der Waals surface area contributed by atoms with Gasteiger partial charge in [-0.15, -0.1) is 0 Å². The van der Waals surface area contributed by atoms with Crippen LogP contribution < -0.4 is 10.6 Å². The maximum Gasteiger partial charge on any atom is 0.227 e. The summed E-state index contributed by atoms with van der Waals surface area (Å²) in [6.45, 7) is 0.595. The lowest BCUT2D eigenvalue weighted by molar-refractivity contribution is -0.117. The lowest BCUT2D eigenvalue weighted by atomic mass is 10.2. The first-order valence-corrected chi connectivity index (χ1v) is 6.16. The zero-order valence-electron chi connectivity index (χ0n) is 8.62. The Balaban J connectivity index is 2.31. The van der Waals surface area contributed by atoms with Crippen LogP contribution in [0.5, 0.6) is 0 Å². The largest absolute Gasteiger partial charge is 0.395 e. The van der Waals surface area contributed by atoms with Crippen molar-refractivity contribution in [2.24, 2.45) is 5.92 Å². The molecule has 2 N–H and O–H groups in total. The predicted molar refractivity (Wildman–Crippen MR) is 65.1 cm³/mol. The van der Waals surface area contributed by atoms with Crippen molar-refractivity contribution < 1.29 is 9.18 Å². The Morgan fingerprint density at radius 1 is 1.56 bits per heavy atom. The van der Waals surface area contributed by atoms with Gasteiger partial charge in [0.2, 0.25) is 5.91 Å². The monoisotopic (exact) mass is 286 g/mol. The molecule has 1 amide bonds. The SMILES string of the molecule is Nc1c(F)cccc1N1CC(CBr)CC1=O. The highest BCUT2D eigenvalue weighted by Gasteiger charge is 2.31. The van der Waals surface area contributed by atoms with Gasteiger partial charge in [0.05, 0.1) is 11.4 Å². The van der Waals surface area contributed by atoms with E-state index in [-0.39, 0.29) is 17.5 Å². The Labute approximate surface area is 102 Å². The molecule has 1 aromatic carbocycles. The minimum atomic E-state index is -0.479. The van der Waals surface area contributed by atoms with Gasteiger partial charge >= 0.3 is 0 Å². The van der Waals surface area contributed by atoms with Crippen molar-refractivity contribution in [2.45, 2.75) is 6.42 Å². The highest BCUT2D eigenvalue weighted by molar-refractivity contribution is 9.09. The zero-order chi connectivity index (χ0) is 11.7. The van der Waals surface area contributed by atoms with Crippen LogP contribution in [-0.4, -0.2) is 17.8 Å². The minimum Gasteiger partial charge on any atom is -0.395 e. The molecule has 1 aliphatic heterocycles. The fourth-order valence-electron chi connectivity index (χ4n) is 1.88. The average Bonchev–Trinajstić information content (AvgIpc) is 2.64. The molecule has 1 aliphatic rings. The van der Waals surface area contributed by atoms with Crippen LogP contribution >= 0.6 is 15.9 Å². The molecule has 0 spiro atoms. The normalized spacial score (nSPS) is 20.5. The van der Waals surface area contributed by atoms with E-state index in [1.165, 1.54) is 6.07 Å². The fourth-order valence-corrected chi connectivity index (χ4v) is 2.31. The van der Waals surface area contributed by atoms with E-state index in [0.717, 1.165) is 5.33 Å². The standard InChI is InChI=1S/C11H12BrFN2O/c12-5-7-4-10(16)15(6-7)9-3-1-2-8(13)11(9)14/h1-3,7H,4-6,14H2. The zero-order valence-corrected chi connectivity index (χ0v) is 10.2. The number of nitrogen functional groups attached to an aromatic ring is 1. The Kier molecular flexibility index (Phi) is 3.14. The summed E-state index contributed by atoms with van der Waals surface area (Å²) < 4.78 is 13.3. The van der Waals surface area contributed by atoms with E-state index >= 15 is 0 Å². The van der Waals surface area contributed by atoms with Gasteiger partial charge in [0, 0.05) is 18.3 Å². The molecule has 86 valence electrons. The van der Waals surface area contributed by atoms with E-state index in [2.05, 4.69) is 15.9 Å². The van der Waals surface area contributed by atoms with Crippen molar-refractivity contribution in [3.63, 3.8) is 0 Å². The Morgan fingerprint density at radius 3 is 2.94 bits per heavy atom. The molecule has 1 aromatic rings. The number of nitrogens with zero attached hydrogens (tertiary/aromatic N) is 1. The Bertz CT molecular complexity index is 424. The molecule has 1 saturated heterocycles. The first kappa shape index (κ1) is 11.4. The number of rotatable bonds is 2. The molecule has 1 heterocycles. The number of hydrogen-bond acceptors (Lipinski definition) is 2. The summed E-state index contributed by atoms with van der Waals surface area (Å²) in [4.78, 5) is 13.3. The highest BCUT2D eigenvalue weighted by Crippen LogP contribution is 2.31. The van der Waals surface area contributed by atoms with E-state index in [9.17, 15) is 9.18 Å². The lowest BCUT2D eigenvalue weighted by Gasteiger charge is -2.18. The van der Waals surface area contributed by atoms with Crippen LogP contribution in [-0.2, 0) is 4.79 Å². The van der Waals surface area contributed by atoms with Crippen LogP contribution in [0.4, 0.5) is 15.8 Å². The fraction of sp³-hybridized carbons (Fsp3) is 0.364. The number of benzene rings is 1. The second-order valence-corrected chi connectivity index (χ2v) is 4.55. The molecule has 0 aromatic heterocycles. The van der Waals surface area contributed by atoms with Crippen LogP contribution in [0.1, 0.15) is 6.42 Å². The third kappa shape index (κ3) is 1.91. The Hall–Kier alpha value is -1.10. The second-order valence-electron chi connectivity index (χ2n) is 3.90. The summed E-state index contributed by atoms with van der Waals surface area (Å²) in [6.07, 6.45) is 0.487. The predicted octanol–water partition coefficient (Wildman–Crippen LogP) is 2.16. The average molecular weight is 287 g/mol.